The Morgan fingerprint density at radius 3 is 2.67 bits per heavy atom. The smallest absolute Gasteiger partial charge is 0.252 e. The van der Waals surface area contributed by atoms with Crippen molar-refractivity contribution in [1.82, 2.24) is 20.1 Å². The zero-order chi connectivity index (χ0) is 20.7. The summed E-state index contributed by atoms with van der Waals surface area (Å²) in [5.41, 5.74) is 2.93. The monoisotopic (exact) mass is 406 g/mol. The quantitative estimate of drug-likeness (QED) is 0.705. The standard InChI is InChI=1S/C23H26N4O3/c1-14(2)27-22-18(13-24-27)17(23(28)25-16-5-3-4-6-16)12-19(26-22)15-7-8-20-21(11-15)30-10-9-29-20/h7-8,11-14,16H,3-6,9-10H2,1-2H3,(H,25,28). The van der Waals surface area contributed by atoms with E-state index in [9.17, 15) is 4.79 Å². The number of carbonyl (C=O) groups excluding carboxylic acids is 1. The lowest BCUT2D eigenvalue weighted by molar-refractivity contribution is 0.0939. The molecule has 0 unspecified atom stereocenters. The molecule has 1 fully saturated rings. The lowest BCUT2D eigenvalue weighted by Crippen LogP contribution is -2.32. The molecule has 156 valence electrons. The van der Waals surface area contributed by atoms with Crippen molar-refractivity contribution in [1.29, 1.82) is 0 Å². The summed E-state index contributed by atoms with van der Waals surface area (Å²) in [5, 5.41) is 8.49. The first-order chi connectivity index (χ1) is 14.6. The molecule has 1 amide bonds. The van der Waals surface area contributed by atoms with Gasteiger partial charge in [-0.3, -0.25) is 4.79 Å². The van der Waals surface area contributed by atoms with Crippen LogP contribution in [0.5, 0.6) is 11.5 Å². The van der Waals surface area contributed by atoms with Crippen molar-refractivity contribution in [2.75, 3.05) is 13.2 Å². The highest BCUT2D eigenvalue weighted by atomic mass is 16.6. The first kappa shape index (κ1) is 18.9. The van der Waals surface area contributed by atoms with Crippen LogP contribution in [0.1, 0.15) is 55.9 Å². The molecule has 5 rings (SSSR count). The van der Waals surface area contributed by atoms with Crippen molar-refractivity contribution in [3.05, 3.63) is 36.0 Å². The molecule has 7 nitrogen and oxygen atoms in total. The van der Waals surface area contributed by atoms with Gasteiger partial charge in [0.05, 0.1) is 22.8 Å². The Morgan fingerprint density at radius 1 is 1.13 bits per heavy atom. The van der Waals surface area contributed by atoms with Crippen molar-refractivity contribution >= 4 is 16.9 Å². The second kappa shape index (κ2) is 7.63. The Hall–Kier alpha value is -3.09. The molecule has 2 aliphatic rings. The van der Waals surface area contributed by atoms with Gasteiger partial charge in [0, 0.05) is 17.6 Å². The van der Waals surface area contributed by atoms with Crippen LogP contribution in [0.3, 0.4) is 0 Å². The molecular weight excluding hydrogens is 380 g/mol. The summed E-state index contributed by atoms with van der Waals surface area (Å²) >= 11 is 0. The van der Waals surface area contributed by atoms with Gasteiger partial charge in [-0.05, 0) is 51.0 Å². The predicted octanol–water partition coefficient (Wildman–Crippen LogP) is 4.12. The van der Waals surface area contributed by atoms with E-state index in [0.717, 1.165) is 35.2 Å². The van der Waals surface area contributed by atoms with Crippen LogP contribution < -0.4 is 14.8 Å². The number of nitrogens with one attached hydrogen (secondary N) is 1. The largest absolute Gasteiger partial charge is 0.486 e. The number of aromatic nitrogens is 3. The number of amides is 1. The molecule has 1 saturated carbocycles. The van der Waals surface area contributed by atoms with Crippen LogP contribution in [0, 0.1) is 0 Å². The molecule has 1 aliphatic carbocycles. The van der Waals surface area contributed by atoms with Crippen LogP contribution in [0.15, 0.2) is 30.5 Å². The second-order valence-corrected chi connectivity index (χ2v) is 8.29. The molecule has 3 heterocycles. The molecule has 0 spiro atoms. The number of carbonyl (C=O) groups is 1. The SMILES string of the molecule is CC(C)n1ncc2c(C(=O)NC3CCCC3)cc(-c3ccc4c(c3)OCCO4)nc21. The van der Waals surface area contributed by atoms with E-state index in [0.29, 0.717) is 30.2 Å². The maximum Gasteiger partial charge on any atom is 0.252 e. The minimum atomic E-state index is -0.0589. The third-order valence-electron chi connectivity index (χ3n) is 5.83. The van der Waals surface area contributed by atoms with Gasteiger partial charge in [0.25, 0.3) is 5.91 Å². The molecule has 0 bridgehead atoms. The maximum atomic E-state index is 13.2. The molecule has 0 atom stereocenters. The van der Waals surface area contributed by atoms with E-state index in [1.54, 1.807) is 6.20 Å². The zero-order valence-corrected chi connectivity index (χ0v) is 17.4. The van der Waals surface area contributed by atoms with Crippen LogP contribution >= 0.6 is 0 Å². The van der Waals surface area contributed by atoms with Gasteiger partial charge >= 0.3 is 0 Å². The number of rotatable bonds is 4. The van der Waals surface area contributed by atoms with E-state index < -0.39 is 0 Å². The first-order valence-electron chi connectivity index (χ1n) is 10.7. The highest BCUT2D eigenvalue weighted by Gasteiger charge is 2.23. The summed E-state index contributed by atoms with van der Waals surface area (Å²) in [5.74, 6) is 1.38. The molecule has 1 aliphatic heterocycles. The van der Waals surface area contributed by atoms with E-state index in [-0.39, 0.29) is 18.0 Å². The molecule has 3 aromatic rings. The van der Waals surface area contributed by atoms with Gasteiger partial charge in [-0.1, -0.05) is 12.8 Å². The predicted molar refractivity (Wildman–Crippen MR) is 114 cm³/mol. The molecule has 7 heteroatoms. The Kier molecular flexibility index (Phi) is 4.81. The van der Waals surface area contributed by atoms with Gasteiger partial charge in [-0.15, -0.1) is 0 Å². The first-order valence-corrected chi connectivity index (χ1v) is 10.7. The third kappa shape index (κ3) is 3.38. The Balaban J connectivity index is 1.61. The normalized spacial score (nSPS) is 16.4. The molecule has 1 N–H and O–H groups in total. The fourth-order valence-corrected chi connectivity index (χ4v) is 4.27. The van der Waals surface area contributed by atoms with Crippen LogP contribution in [0.4, 0.5) is 0 Å². The number of ether oxygens (including phenoxy) is 2. The summed E-state index contributed by atoms with van der Waals surface area (Å²) in [6.45, 7) is 5.19. The van der Waals surface area contributed by atoms with Gasteiger partial charge in [0.15, 0.2) is 17.1 Å². The van der Waals surface area contributed by atoms with Gasteiger partial charge in [-0.25, -0.2) is 9.67 Å². The van der Waals surface area contributed by atoms with E-state index in [1.165, 1.54) is 12.8 Å². The number of pyridine rings is 1. The number of hydrogen-bond donors (Lipinski definition) is 1. The second-order valence-electron chi connectivity index (χ2n) is 8.29. The molecule has 1 aromatic carbocycles. The van der Waals surface area contributed by atoms with Crippen LogP contribution in [0.2, 0.25) is 0 Å². The van der Waals surface area contributed by atoms with Crippen molar-refractivity contribution in [3.8, 4) is 22.8 Å². The highest BCUT2D eigenvalue weighted by molar-refractivity contribution is 6.06. The molecule has 0 saturated heterocycles. The number of hydrogen-bond acceptors (Lipinski definition) is 5. The minimum Gasteiger partial charge on any atom is -0.486 e. The van der Waals surface area contributed by atoms with Crippen LogP contribution in [0.25, 0.3) is 22.3 Å². The summed E-state index contributed by atoms with van der Waals surface area (Å²) in [6.07, 6.45) is 6.18. The third-order valence-corrected chi connectivity index (χ3v) is 5.83. The number of fused-ring (bicyclic) bond motifs is 2. The Labute approximate surface area is 175 Å². The maximum absolute atomic E-state index is 13.2. The van der Waals surface area contributed by atoms with Crippen molar-refractivity contribution in [3.63, 3.8) is 0 Å². The van der Waals surface area contributed by atoms with Crippen molar-refractivity contribution < 1.29 is 14.3 Å². The van der Waals surface area contributed by atoms with Crippen molar-refractivity contribution in [2.45, 2.75) is 51.6 Å². The number of nitrogens with zero attached hydrogens (tertiary/aromatic N) is 3. The zero-order valence-electron chi connectivity index (χ0n) is 17.4. The van der Waals surface area contributed by atoms with Crippen molar-refractivity contribution in [2.24, 2.45) is 0 Å². The topological polar surface area (TPSA) is 78.3 Å². The molecule has 2 aromatic heterocycles. The molecule has 0 radical (unpaired) electrons. The number of benzene rings is 1. The van der Waals surface area contributed by atoms with Gasteiger partial charge in [0.1, 0.15) is 13.2 Å². The Bertz CT molecular complexity index is 1100. The lowest BCUT2D eigenvalue weighted by Gasteiger charge is -2.19. The average molecular weight is 406 g/mol. The fourth-order valence-electron chi connectivity index (χ4n) is 4.27. The van der Waals surface area contributed by atoms with Gasteiger partial charge < -0.3 is 14.8 Å². The fraction of sp³-hybridized carbons (Fsp3) is 0.435. The summed E-state index contributed by atoms with van der Waals surface area (Å²) in [6, 6.07) is 8.03. The summed E-state index contributed by atoms with van der Waals surface area (Å²) in [4.78, 5) is 18.1. The highest BCUT2D eigenvalue weighted by Crippen LogP contribution is 2.35. The van der Waals surface area contributed by atoms with E-state index in [4.69, 9.17) is 14.5 Å². The Morgan fingerprint density at radius 2 is 1.90 bits per heavy atom. The summed E-state index contributed by atoms with van der Waals surface area (Å²) in [7, 11) is 0. The van der Waals surface area contributed by atoms with Gasteiger partial charge in [-0.2, -0.15) is 5.10 Å². The average Bonchev–Trinajstić information content (AvgIpc) is 3.42. The van der Waals surface area contributed by atoms with Crippen LogP contribution in [-0.4, -0.2) is 39.9 Å². The molecule has 30 heavy (non-hydrogen) atoms. The van der Waals surface area contributed by atoms with E-state index in [2.05, 4.69) is 24.3 Å². The van der Waals surface area contributed by atoms with Crippen LogP contribution in [-0.2, 0) is 0 Å². The van der Waals surface area contributed by atoms with E-state index in [1.807, 2.05) is 28.9 Å². The minimum absolute atomic E-state index is 0.0589. The lowest BCUT2D eigenvalue weighted by atomic mass is 10.0. The summed E-state index contributed by atoms with van der Waals surface area (Å²) < 4.78 is 13.2. The van der Waals surface area contributed by atoms with E-state index >= 15 is 0 Å². The molecular formula is C23H26N4O3. The van der Waals surface area contributed by atoms with Gasteiger partial charge in [0.2, 0.25) is 0 Å².